The Labute approximate surface area is 181 Å². The summed E-state index contributed by atoms with van der Waals surface area (Å²) in [7, 11) is 0. The largest absolute Gasteiger partial charge is 0.586 e. The number of amides is 2. The summed E-state index contributed by atoms with van der Waals surface area (Å²) in [6, 6.07) is 13.2. The Kier molecular flexibility index (Phi) is 3.98. The summed E-state index contributed by atoms with van der Waals surface area (Å²) in [6.07, 6.45) is -1.26. The molecule has 0 spiro atoms. The molecule has 32 heavy (non-hydrogen) atoms. The van der Waals surface area contributed by atoms with E-state index in [0.717, 1.165) is 25.2 Å². The van der Waals surface area contributed by atoms with Gasteiger partial charge < -0.3 is 14.4 Å². The average Bonchev–Trinajstić information content (AvgIpc) is 3.33. The molecule has 2 aromatic heterocycles. The summed E-state index contributed by atoms with van der Waals surface area (Å²) in [6.45, 7) is 1.55. The van der Waals surface area contributed by atoms with Crippen LogP contribution in [0.4, 0.5) is 30.9 Å². The Bertz CT molecular complexity index is 1220. The number of carbonyl (C=O) groups is 1. The molecule has 3 aromatic rings. The summed E-state index contributed by atoms with van der Waals surface area (Å²) in [5, 5.41) is 2.84. The van der Waals surface area contributed by atoms with Gasteiger partial charge in [-0.15, -0.1) is 8.78 Å². The third kappa shape index (κ3) is 3.06. The van der Waals surface area contributed by atoms with Crippen molar-refractivity contribution in [1.82, 2.24) is 9.97 Å². The number of aromatic nitrogens is 2. The van der Waals surface area contributed by atoms with E-state index in [2.05, 4.69) is 24.7 Å². The number of rotatable bonds is 2. The Morgan fingerprint density at radius 1 is 1.12 bits per heavy atom. The highest BCUT2D eigenvalue weighted by Gasteiger charge is 2.44. The van der Waals surface area contributed by atoms with Crippen LogP contribution in [0.1, 0.15) is 6.42 Å². The first-order chi connectivity index (χ1) is 15.5. The highest BCUT2D eigenvalue weighted by molar-refractivity contribution is 6.04. The molecule has 0 saturated carbocycles. The van der Waals surface area contributed by atoms with Crippen molar-refractivity contribution in [2.45, 2.75) is 18.8 Å². The molecule has 162 valence electrons. The first-order valence-electron chi connectivity index (χ1n) is 10.1. The van der Waals surface area contributed by atoms with Gasteiger partial charge in [-0.05, 0) is 48.9 Å². The van der Waals surface area contributed by atoms with Crippen molar-refractivity contribution in [3.63, 3.8) is 0 Å². The van der Waals surface area contributed by atoms with Crippen LogP contribution in [-0.4, -0.2) is 41.4 Å². The zero-order valence-electron chi connectivity index (χ0n) is 16.7. The normalized spacial score (nSPS) is 19.6. The van der Waals surface area contributed by atoms with Crippen LogP contribution in [0.2, 0.25) is 0 Å². The number of carbonyl (C=O) groups excluding carboxylic acids is 1. The van der Waals surface area contributed by atoms with Crippen molar-refractivity contribution in [2.24, 2.45) is 0 Å². The van der Waals surface area contributed by atoms with Crippen LogP contribution in [-0.2, 0) is 0 Å². The molecule has 1 N–H and O–H groups in total. The molecule has 1 aromatic carbocycles. The zero-order chi connectivity index (χ0) is 21.9. The predicted molar refractivity (Wildman–Crippen MR) is 112 cm³/mol. The molecule has 0 aliphatic carbocycles. The minimum atomic E-state index is -3.68. The fourth-order valence-electron chi connectivity index (χ4n) is 4.35. The summed E-state index contributed by atoms with van der Waals surface area (Å²) in [5.74, 6) is 0.887. The van der Waals surface area contributed by atoms with Gasteiger partial charge in [-0.2, -0.15) is 0 Å². The lowest BCUT2D eigenvalue weighted by atomic mass is 10.1. The number of halogens is 2. The molecule has 10 heteroatoms. The van der Waals surface area contributed by atoms with Gasteiger partial charge in [0.05, 0.1) is 17.4 Å². The highest BCUT2D eigenvalue weighted by atomic mass is 19.3. The van der Waals surface area contributed by atoms with Crippen molar-refractivity contribution in [3.8, 4) is 22.8 Å². The second-order valence-electron chi connectivity index (χ2n) is 7.77. The summed E-state index contributed by atoms with van der Waals surface area (Å²) in [4.78, 5) is 26.0. The van der Waals surface area contributed by atoms with Crippen molar-refractivity contribution in [2.75, 3.05) is 28.2 Å². The monoisotopic (exact) mass is 437 g/mol. The molecule has 5 heterocycles. The molecule has 3 aliphatic rings. The number of benzene rings is 1. The number of urea groups is 1. The number of alkyl halides is 2. The van der Waals surface area contributed by atoms with Gasteiger partial charge in [-0.25, -0.2) is 14.8 Å². The second-order valence-corrected chi connectivity index (χ2v) is 7.77. The molecule has 2 amide bonds. The minimum Gasteiger partial charge on any atom is -0.395 e. The molecule has 1 saturated heterocycles. The Balaban J connectivity index is 1.37. The predicted octanol–water partition coefficient (Wildman–Crippen LogP) is 4.10. The molecule has 6 rings (SSSR count). The van der Waals surface area contributed by atoms with Crippen molar-refractivity contribution >= 4 is 23.4 Å². The van der Waals surface area contributed by atoms with Crippen LogP contribution < -0.4 is 24.6 Å². The fraction of sp³-hybridized carbons (Fsp3) is 0.227. The maximum absolute atomic E-state index is 13.4. The summed E-state index contributed by atoms with van der Waals surface area (Å²) in [5.41, 5.74) is 1.96. The van der Waals surface area contributed by atoms with Crippen LogP contribution in [0.25, 0.3) is 11.3 Å². The van der Waals surface area contributed by atoms with E-state index in [1.54, 1.807) is 35.4 Å². The number of ether oxygens (including phenoxy) is 2. The summed E-state index contributed by atoms with van der Waals surface area (Å²) < 4.78 is 35.8. The second kappa shape index (κ2) is 6.78. The molecule has 1 atom stereocenters. The number of anilines is 3. The molecular formula is C22H17F2N5O3. The molecular weight excluding hydrogens is 420 g/mol. The smallest absolute Gasteiger partial charge is 0.395 e. The maximum atomic E-state index is 13.4. The van der Waals surface area contributed by atoms with Crippen LogP contribution in [0.15, 0.2) is 54.7 Å². The van der Waals surface area contributed by atoms with Gasteiger partial charge in [0.1, 0.15) is 5.82 Å². The number of hydrogen-bond acceptors (Lipinski definition) is 6. The van der Waals surface area contributed by atoms with Gasteiger partial charge in [0.15, 0.2) is 17.3 Å². The molecule has 1 fully saturated rings. The lowest BCUT2D eigenvalue weighted by molar-refractivity contribution is -0.286. The van der Waals surface area contributed by atoms with Crippen molar-refractivity contribution in [1.29, 1.82) is 0 Å². The van der Waals surface area contributed by atoms with Crippen LogP contribution in [0, 0.1) is 0 Å². The van der Waals surface area contributed by atoms with E-state index >= 15 is 0 Å². The molecule has 1 unspecified atom stereocenters. The van der Waals surface area contributed by atoms with Gasteiger partial charge >= 0.3 is 12.3 Å². The number of nitrogens with zero attached hydrogens (tertiary/aromatic N) is 4. The topological polar surface area (TPSA) is 79.8 Å². The van der Waals surface area contributed by atoms with E-state index in [4.69, 9.17) is 4.98 Å². The lowest BCUT2D eigenvalue weighted by Gasteiger charge is -2.35. The first-order valence-corrected chi connectivity index (χ1v) is 10.1. The molecule has 8 nitrogen and oxygen atoms in total. The maximum Gasteiger partial charge on any atom is 0.586 e. The highest BCUT2D eigenvalue weighted by Crippen LogP contribution is 2.44. The Morgan fingerprint density at radius 2 is 2.00 bits per heavy atom. The molecule has 3 aliphatic heterocycles. The lowest BCUT2D eigenvalue weighted by Crippen LogP contribution is -2.48. The van der Waals surface area contributed by atoms with Crippen LogP contribution in [0.5, 0.6) is 11.5 Å². The van der Waals surface area contributed by atoms with Gasteiger partial charge in [0.2, 0.25) is 0 Å². The van der Waals surface area contributed by atoms with E-state index < -0.39 is 6.29 Å². The van der Waals surface area contributed by atoms with E-state index in [0.29, 0.717) is 22.9 Å². The SMILES string of the molecule is O=C(Nc1ccccn1)N1c2nc(-c3ccc4c(c3)OC(F)(F)O4)ccc2N2CCC1C2. The quantitative estimate of drug-likeness (QED) is 0.651. The Morgan fingerprint density at radius 3 is 2.84 bits per heavy atom. The van der Waals surface area contributed by atoms with E-state index in [1.165, 1.54) is 12.1 Å². The summed E-state index contributed by atoms with van der Waals surface area (Å²) >= 11 is 0. The molecule has 2 bridgehead atoms. The molecule has 0 radical (unpaired) electrons. The van der Waals surface area contributed by atoms with Gasteiger partial charge in [0, 0.05) is 24.8 Å². The van der Waals surface area contributed by atoms with Gasteiger partial charge in [-0.1, -0.05) is 6.07 Å². The first kappa shape index (κ1) is 18.8. The van der Waals surface area contributed by atoms with Crippen molar-refractivity contribution < 1.29 is 23.0 Å². The third-order valence-electron chi connectivity index (χ3n) is 5.77. The number of pyridine rings is 2. The van der Waals surface area contributed by atoms with Gasteiger partial charge in [-0.3, -0.25) is 10.2 Å². The number of nitrogens with one attached hydrogen (secondary N) is 1. The fourth-order valence-corrected chi connectivity index (χ4v) is 4.35. The van der Waals surface area contributed by atoms with Crippen LogP contribution >= 0.6 is 0 Å². The van der Waals surface area contributed by atoms with E-state index in [1.807, 2.05) is 12.1 Å². The van der Waals surface area contributed by atoms with Crippen molar-refractivity contribution in [3.05, 3.63) is 54.7 Å². The average molecular weight is 437 g/mol. The number of fused-ring (bicyclic) bond motifs is 5. The van der Waals surface area contributed by atoms with E-state index in [-0.39, 0.29) is 23.6 Å². The number of hydrogen-bond donors (Lipinski definition) is 1. The van der Waals surface area contributed by atoms with Crippen LogP contribution in [0.3, 0.4) is 0 Å². The standard InChI is InChI=1S/C22H17F2N5O3/c23-22(24)31-17-7-4-13(11-18(17)32-22)15-5-6-16-20(26-15)29(14-8-10-28(16)12-14)21(30)27-19-3-1-2-9-25-19/h1-7,9,11,14H,8,10,12H2,(H,25,27,30). The van der Waals surface area contributed by atoms with E-state index in [9.17, 15) is 13.6 Å². The zero-order valence-corrected chi connectivity index (χ0v) is 16.7. The Hall–Kier alpha value is -3.95. The van der Waals surface area contributed by atoms with Gasteiger partial charge in [0.25, 0.3) is 0 Å². The third-order valence-corrected chi connectivity index (χ3v) is 5.77. The minimum absolute atomic E-state index is 0.0237.